The zero-order valence-electron chi connectivity index (χ0n) is 34.2. The number of fused-ring (bicyclic) bond motifs is 10. The number of rotatable bonds is 4. The fraction of sp³-hybridized carbons (Fsp3) is 0.214. The molecular formula is C56H47N5. The van der Waals surface area contributed by atoms with Crippen molar-refractivity contribution in [3.05, 3.63) is 192 Å². The molecule has 5 nitrogen and oxygen atoms in total. The SMILES string of the molecule is C1=CCC2C(=C1)N=C(N1c3ccc(-c4ccc5c6c(n(C7C=CC=CC7)c5c4)C=CCC6)cc3C3C=CC=CC31)N=C2C1C=CC(n2c3c(c4ccccc42)C=CCC3)=CC1. The molecular weight excluding hydrogens is 743 g/mol. The molecule has 0 radical (unpaired) electrons. The van der Waals surface area contributed by atoms with Crippen molar-refractivity contribution in [1.29, 1.82) is 0 Å². The Balaban J connectivity index is 0.866. The summed E-state index contributed by atoms with van der Waals surface area (Å²) in [5.74, 6) is 1.40. The number of guanidine groups is 1. The number of benzene rings is 3. The van der Waals surface area contributed by atoms with Gasteiger partial charge in [0, 0.05) is 68.1 Å². The number of allylic oxidation sites excluding steroid dienone is 16. The van der Waals surface area contributed by atoms with Crippen molar-refractivity contribution in [3.63, 3.8) is 0 Å². The molecule has 6 aliphatic carbocycles. The van der Waals surface area contributed by atoms with E-state index in [4.69, 9.17) is 9.98 Å². The van der Waals surface area contributed by atoms with E-state index in [0.29, 0.717) is 6.04 Å². The topological polar surface area (TPSA) is 37.8 Å². The predicted molar refractivity (Wildman–Crippen MR) is 255 cm³/mol. The van der Waals surface area contributed by atoms with Gasteiger partial charge in [-0.3, -0.25) is 0 Å². The van der Waals surface area contributed by atoms with Crippen molar-refractivity contribution in [3.8, 4) is 11.1 Å². The van der Waals surface area contributed by atoms with Crippen molar-refractivity contribution in [2.45, 2.75) is 62.9 Å². The number of para-hydroxylation sites is 1. The number of aliphatic imine (C=N–C) groups is 2. The van der Waals surface area contributed by atoms with Gasteiger partial charge in [-0.2, -0.15) is 0 Å². The number of hydrogen-bond donors (Lipinski definition) is 0. The summed E-state index contributed by atoms with van der Waals surface area (Å²) < 4.78 is 5.10. The van der Waals surface area contributed by atoms with Crippen LogP contribution in [0.15, 0.2) is 174 Å². The minimum absolute atomic E-state index is 0.107. The summed E-state index contributed by atoms with van der Waals surface area (Å²) in [5.41, 5.74) is 17.0. The van der Waals surface area contributed by atoms with E-state index < -0.39 is 0 Å². The molecule has 0 N–H and O–H groups in total. The molecule has 0 bridgehead atoms. The van der Waals surface area contributed by atoms with E-state index in [1.54, 1.807) is 0 Å². The molecule has 3 aromatic carbocycles. The molecule has 2 aliphatic heterocycles. The van der Waals surface area contributed by atoms with E-state index in [9.17, 15) is 0 Å². The molecule has 0 saturated carbocycles. The Bertz CT molecular complexity index is 3100. The van der Waals surface area contributed by atoms with Gasteiger partial charge in [0.2, 0.25) is 5.96 Å². The first kappa shape index (κ1) is 35.1. The van der Waals surface area contributed by atoms with Gasteiger partial charge in [-0.1, -0.05) is 128 Å². The maximum Gasteiger partial charge on any atom is 0.230 e. The normalized spacial score (nSPS) is 25.2. The summed E-state index contributed by atoms with van der Waals surface area (Å²) in [6, 6.07) is 23.6. The summed E-state index contributed by atoms with van der Waals surface area (Å²) in [6.45, 7) is 0. The molecule has 2 aromatic heterocycles. The van der Waals surface area contributed by atoms with Crippen LogP contribution < -0.4 is 4.90 Å². The minimum atomic E-state index is 0.107. The molecule has 5 unspecified atom stereocenters. The fourth-order valence-electron chi connectivity index (χ4n) is 11.6. The summed E-state index contributed by atoms with van der Waals surface area (Å²) in [4.78, 5) is 13.4. The maximum atomic E-state index is 5.62. The van der Waals surface area contributed by atoms with E-state index in [0.717, 1.165) is 56.6 Å². The number of aromatic nitrogens is 2. The predicted octanol–water partition coefficient (Wildman–Crippen LogP) is 13.0. The molecule has 5 aromatic rings. The molecule has 8 aliphatic rings. The molecule has 5 heteroatoms. The van der Waals surface area contributed by atoms with Crippen molar-refractivity contribution in [2.75, 3.05) is 4.90 Å². The highest BCUT2D eigenvalue weighted by molar-refractivity contribution is 6.12. The largest absolute Gasteiger partial charge is 0.333 e. The molecule has 13 rings (SSSR count). The van der Waals surface area contributed by atoms with Gasteiger partial charge in [0.05, 0.1) is 23.3 Å². The molecule has 0 spiro atoms. The molecule has 0 amide bonds. The standard InChI is InChI=1S/C56H47N5/c1-2-14-39(15-3-1)60-51-24-12-7-18-43(51)45-32-28-38(35-54(45)60)37-29-33-53-47(34-37)44-19-8-13-25-52(44)61(53)56-57-48-21-9-4-20-46(48)55(58-56)36-26-30-40(31-27-36)59-49-22-10-5-16-41(49)42-17-6-11-23-50(42)59/h1-6,8-10,12-14,16-17,19,21-22,24-26,28-36,39,44,46,52H,7,11,15,18,20,23,27H2. The molecule has 0 fully saturated rings. The van der Waals surface area contributed by atoms with Crippen LogP contribution in [0.2, 0.25) is 0 Å². The molecule has 5 atom stereocenters. The average molecular weight is 790 g/mol. The number of nitrogens with zero attached hydrogens (tertiary/aromatic N) is 5. The molecule has 61 heavy (non-hydrogen) atoms. The van der Waals surface area contributed by atoms with E-state index in [2.05, 4.69) is 184 Å². The Morgan fingerprint density at radius 3 is 2.46 bits per heavy atom. The summed E-state index contributed by atoms with van der Waals surface area (Å²) >= 11 is 0. The van der Waals surface area contributed by atoms with E-state index in [-0.39, 0.29) is 23.8 Å². The molecule has 296 valence electrons. The van der Waals surface area contributed by atoms with Crippen LogP contribution in [0.4, 0.5) is 5.69 Å². The lowest BCUT2D eigenvalue weighted by molar-refractivity contribution is 0.621. The molecule has 4 heterocycles. The monoisotopic (exact) mass is 789 g/mol. The van der Waals surface area contributed by atoms with Crippen LogP contribution in [-0.2, 0) is 12.8 Å². The first-order chi connectivity index (χ1) is 30.3. The Kier molecular flexibility index (Phi) is 8.00. The highest BCUT2D eigenvalue weighted by Gasteiger charge is 2.42. The Morgan fingerprint density at radius 2 is 1.52 bits per heavy atom. The number of aryl methyl sites for hydroxylation is 1. The third-order valence-electron chi connectivity index (χ3n) is 14.4. The van der Waals surface area contributed by atoms with Crippen molar-refractivity contribution in [2.24, 2.45) is 21.8 Å². The Morgan fingerprint density at radius 1 is 0.656 bits per heavy atom. The van der Waals surface area contributed by atoms with Crippen LogP contribution in [0, 0.1) is 11.8 Å². The highest BCUT2D eigenvalue weighted by atomic mass is 15.3. The fourth-order valence-corrected chi connectivity index (χ4v) is 11.6. The van der Waals surface area contributed by atoms with E-state index in [1.165, 1.54) is 78.1 Å². The Hall–Kier alpha value is -6.72. The van der Waals surface area contributed by atoms with Gasteiger partial charge in [-0.15, -0.1) is 0 Å². The van der Waals surface area contributed by atoms with E-state index >= 15 is 0 Å². The summed E-state index contributed by atoms with van der Waals surface area (Å²) in [6.07, 6.45) is 48.6. The number of anilines is 1. The van der Waals surface area contributed by atoms with Crippen LogP contribution in [0.25, 0.3) is 50.8 Å². The Labute approximate surface area is 357 Å². The van der Waals surface area contributed by atoms with E-state index in [1.807, 2.05) is 0 Å². The maximum absolute atomic E-state index is 5.62. The van der Waals surface area contributed by atoms with Crippen molar-refractivity contribution in [1.82, 2.24) is 9.13 Å². The lowest BCUT2D eigenvalue weighted by atomic mass is 9.81. The van der Waals surface area contributed by atoms with Gasteiger partial charge in [-0.05, 0) is 110 Å². The minimum Gasteiger partial charge on any atom is -0.333 e. The van der Waals surface area contributed by atoms with Crippen LogP contribution in [-0.4, -0.2) is 26.8 Å². The number of hydrogen-bond acceptors (Lipinski definition) is 3. The van der Waals surface area contributed by atoms with Crippen LogP contribution in [0.1, 0.15) is 72.1 Å². The lowest BCUT2D eigenvalue weighted by Crippen LogP contribution is -2.41. The quantitative estimate of drug-likeness (QED) is 0.179. The van der Waals surface area contributed by atoms with Crippen LogP contribution in [0.5, 0.6) is 0 Å². The zero-order valence-corrected chi connectivity index (χ0v) is 34.2. The third-order valence-corrected chi connectivity index (χ3v) is 14.4. The third kappa shape index (κ3) is 5.45. The van der Waals surface area contributed by atoms with Crippen molar-refractivity contribution >= 4 is 57.0 Å². The van der Waals surface area contributed by atoms with Crippen LogP contribution >= 0.6 is 0 Å². The molecule has 0 saturated heterocycles. The lowest BCUT2D eigenvalue weighted by Gasteiger charge is -2.34. The van der Waals surface area contributed by atoms with Gasteiger partial charge in [0.15, 0.2) is 0 Å². The first-order valence-corrected chi connectivity index (χ1v) is 22.4. The summed E-state index contributed by atoms with van der Waals surface area (Å²) in [5, 5.41) is 2.73. The average Bonchev–Trinajstić information content (AvgIpc) is 3.97. The van der Waals surface area contributed by atoms with Gasteiger partial charge in [0.25, 0.3) is 0 Å². The van der Waals surface area contributed by atoms with Crippen LogP contribution in [0.3, 0.4) is 0 Å². The smallest absolute Gasteiger partial charge is 0.230 e. The second-order valence-electron chi connectivity index (χ2n) is 17.7. The second-order valence-corrected chi connectivity index (χ2v) is 17.7. The van der Waals surface area contributed by atoms with Gasteiger partial charge < -0.3 is 14.0 Å². The first-order valence-electron chi connectivity index (χ1n) is 22.4. The highest BCUT2D eigenvalue weighted by Crippen LogP contribution is 2.48. The van der Waals surface area contributed by atoms with Gasteiger partial charge in [-0.25, -0.2) is 9.98 Å². The summed E-state index contributed by atoms with van der Waals surface area (Å²) in [7, 11) is 0. The zero-order chi connectivity index (χ0) is 40.0. The van der Waals surface area contributed by atoms with Gasteiger partial charge >= 0.3 is 0 Å². The van der Waals surface area contributed by atoms with Gasteiger partial charge in [0.1, 0.15) is 0 Å². The second kappa shape index (κ2) is 13.9. The van der Waals surface area contributed by atoms with Crippen molar-refractivity contribution < 1.29 is 0 Å².